The Bertz CT molecular complexity index is 950. The van der Waals surface area contributed by atoms with Crippen LogP contribution in [-0.4, -0.2) is 13.0 Å². The minimum atomic E-state index is -0.163. The molecule has 0 aliphatic heterocycles. The Labute approximate surface area is 159 Å². The Morgan fingerprint density at radius 1 is 0.889 bits per heavy atom. The van der Waals surface area contributed by atoms with E-state index in [4.69, 9.17) is 9.47 Å². The summed E-state index contributed by atoms with van der Waals surface area (Å²) in [4.78, 5) is 12.7. The van der Waals surface area contributed by atoms with Crippen LogP contribution in [0.4, 0.5) is 5.69 Å². The van der Waals surface area contributed by atoms with Crippen molar-refractivity contribution < 1.29 is 14.3 Å². The van der Waals surface area contributed by atoms with E-state index in [0.717, 1.165) is 28.1 Å². The number of methoxy groups -OCH3 is 1. The second-order valence-corrected chi connectivity index (χ2v) is 6.35. The van der Waals surface area contributed by atoms with Crippen LogP contribution in [0.15, 0.2) is 66.7 Å². The molecule has 3 rings (SSSR count). The Balaban J connectivity index is 1.79. The van der Waals surface area contributed by atoms with E-state index in [9.17, 15) is 4.79 Å². The number of hydrogen-bond donors (Lipinski definition) is 1. The topological polar surface area (TPSA) is 47.6 Å². The lowest BCUT2D eigenvalue weighted by atomic mass is 10.1. The van der Waals surface area contributed by atoms with E-state index in [1.165, 1.54) is 0 Å². The first kappa shape index (κ1) is 18.5. The zero-order valence-corrected chi connectivity index (χ0v) is 15.8. The van der Waals surface area contributed by atoms with Gasteiger partial charge in [-0.25, -0.2) is 0 Å². The van der Waals surface area contributed by atoms with Gasteiger partial charge in [-0.1, -0.05) is 36.4 Å². The molecule has 0 aromatic heterocycles. The molecule has 1 amide bonds. The van der Waals surface area contributed by atoms with Gasteiger partial charge < -0.3 is 14.8 Å². The van der Waals surface area contributed by atoms with Crippen molar-refractivity contribution in [1.29, 1.82) is 0 Å². The Kier molecular flexibility index (Phi) is 5.77. The third kappa shape index (κ3) is 4.47. The van der Waals surface area contributed by atoms with Gasteiger partial charge in [0.1, 0.15) is 18.1 Å². The zero-order chi connectivity index (χ0) is 19.2. The number of ether oxygens (including phenoxy) is 2. The molecule has 0 saturated heterocycles. The number of benzene rings is 3. The molecule has 0 bridgehead atoms. The first-order chi connectivity index (χ1) is 13.1. The average molecular weight is 361 g/mol. The third-order valence-electron chi connectivity index (χ3n) is 4.41. The molecule has 1 N–H and O–H groups in total. The highest BCUT2D eigenvalue weighted by Crippen LogP contribution is 2.24. The normalized spacial score (nSPS) is 10.3. The summed E-state index contributed by atoms with van der Waals surface area (Å²) in [6.45, 7) is 4.28. The minimum Gasteiger partial charge on any atom is -0.496 e. The summed E-state index contributed by atoms with van der Waals surface area (Å²) in [6, 6.07) is 20.9. The first-order valence-electron chi connectivity index (χ1n) is 8.81. The monoisotopic (exact) mass is 361 g/mol. The number of anilines is 1. The van der Waals surface area contributed by atoms with Crippen LogP contribution in [0.5, 0.6) is 11.5 Å². The lowest BCUT2D eigenvalue weighted by Gasteiger charge is -2.14. The van der Waals surface area contributed by atoms with E-state index < -0.39 is 0 Å². The van der Waals surface area contributed by atoms with E-state index >= 15 is 0 Å². The quantitative estimate of drug-likeness (QED) is 0.661. The standard InChI is InChI=1S/C23H23NO3/c1-16-8-4-6-10-20(16)24-23(25)18-12-13-22(26-3)19(14-18)15-27-21-11-7-5-9-17(21)2/h4-14H,15H2,1-3H3,(H,24,25). The lowest BCUT2D eigenvalue weighted by Crippen LogP contribution is -2.13. The maximum atomic E-state index is 12.7. The van der Waals surface area contributed by atoms with Crippen molar-refractivity contribution in [1.82, 2.24) is 0 Å². The van der Waals surface area contributed by atoms with Gasteiger partial charge in [0.15, 0.2) is 0 Å². The third-order valence-corrected chi connectivity index (χ3v) is 4.41. The number of hydrogen-bond acceptors (Lipinski definition) is 3. The number of rotatable bonds is 6. The molecule has 0 heterocycles. The molecule has 3 aromatic rings. The van der Waals surface area contributed by atoms with Crippen LogP contribution in [0.2, 0.25) is 0 Å². The van der Waals surface area contributed by atoms with E-state index in [-0.39, 0.29) is 5.91 Å². The van der Waals surface area contributed by atoms with Crippen molar-refractivity contribution >= 4 is 11.6 Å². The molecule has 4 heteroatoms. The van der Waals surface area contributed by atoms with E-state index in [1.807, 2.05) is 68.4 Å². The number of nitrogens with one attached hydrogen (secondary N) is 1. The molecule has 3 aromatic carbocycles. The predicted octanol–water partition coefficient (Wildman–Crippen LogP) is 5.14. The second-order valence-electron chi connectivity index (χ2n) is 6.35. The molecule has 0 spiro atoms. The highest BCUT2D eigenvalue weighted by molar-refractivity contribution is 6.04. The van der Waals surface area contributed by atoms with Crippen LogP contribution in [0, 0.1) is 13.8 Å². The molecular weight excluding hydrogens is 338 g/mol. The molecule has 4 nitrogen and oxygen atoms in total. The van der Waals surface area contributed by atoms with E-state index in [1.54, 1.807) is 19.2 Å². The van der Waals surface area contributed by atoms with Gasteiger partial charge >= 0.3 is 0 Å². The van der Waals surface area contributed by atoms with Crippen LogP contribution < -0.4 is 14.8 Å². The Hall–Kier alpha value is -3.27. The minimum absolute atomic E-state index is 0.163. The Morgan fingerprint density at radius 2 is 1.59 bits per heavy atom. The van der Waals surface area contributed by atoms with Crippen LogP contribution >= 0.6 is 0 Å². The summed E-state index contributed by atoms with van der Waals surface area (Å²) in [6.07, 6.45) is 0. The summed E-state index contributed by atoms with van der Waals surface area (Å²) in [5.41, 5.74) is 4.25. The second kappa shape index (κ2) is 8.41. The number of amides is 1. The molecule has 0 unspecified atom stereocenters. The predicted molar refractivity (Wildman–Crippen MR) is 108 cm³/mol. The molecule has 0 aliphatic rings. The molecule has 0 atom stereocenters. The van der Waals surface area contributed by atoms with Gasteiger partial charge in [0.2, 0.25) is 0 Å². The summed E-state index contributed by atoms with van der Waals surface area (Å²) in [5, 5.41) is 2.95. The fourth-order valence-electron chi connectivity index (χ4n) is 2.81. The molecule has 0 radical (unpaired) electrons. The highest BCUT2D eigenvalue weighted by atomic mass is 16.5. The maximum Gasteiger partial charge on any atom is 0.255 e. The highest BCUT2D eigenvalue weighted by Gasteiger charge is 2.12. The number of carbonyl (C=O) groups is 1. The van der Waals surface area contributed by atoms with Gasteiger partial charge in [-0.15, -0.1) is 0 Å². The van der Waals surface area contributed by atoms with Crippen molar-refractivity contribution in [2.24, 2.45) is 0 Å². The summed E-state index contributed by atoms with van der Waals surface area (Å²) >= 11 is 0. The summed E-state index contributed by atoms with van der Waals surface area (Å²) in [5.74, 6) is 1.34. The Morgan fingerprint density at radius 3 is 2.30 bits per heavy atom. The van der Waals surface area contributed by atoms with Gasteiger partial charge in [-0.2, -0.15) is 0 Å². The lowest BCUT2D eigenvalue weighted by molar-refractivity contribution is 0.102. The number of para-hydroxylation sites is 2. The van der Waals surface area contributed by atoms with Crippen molar-refractivity contribution in [2.45, 2.75) is 20.5 Å². The van der Waals surface area contributed by atoms with Gasteiger partial charge in [0.25, 0.3) is 5.91 Å². The maximum absolute atomic E-state index is 12.7. The van der Waals surface area contributed by atoms with Crippen molar-refractivity contribution in [3.05, 3.63) is 89.0 Å². The number of aryl methyl sites for hydroxylation is 2. The largest absolute Gasteiger partial charge is 0.496 e. The van der Waals surface area contributed by atoms with E-state index in [2.05, 4.69) is 5.32 Å². The van der Waals surface area contributed by atoms with Crippen LogP contribution in [-0.2, 0) is 6.61 Å². The van der Waals surface area contributed by atoms with Crippen molar-refractivity contribution in [3.8, 4) is 11.5 Å². The fourth-order valence-corrected chi connectivity index (χ4v) is 2.81. The number of carbonyl (C=O) groups excluding carboxylic acids is 1. The zero-order valence-electron chi connectivity index (χ0n) is 15.8. The van der Waals surface area contributed by atoms with Crippen molar-refractivity contribution in [2.75, 3.05) is 12.4 Å². The summed E-state index contributed by atoms with van der Waals surface area (Å²) in [7, 11) is 1.61. The SMILES string of the molecule is COc1ccc(C(=O)Nc2ccccc2C)cc1COc1ccccc1C. The van der Waals surface area contributed by atoms with Gasteiger partial charge in [0.05, 0.1) is 7.11 Å². The van der Waals surface area contributed by atoms with Crippen LogP contribution in [0.25, 0.3) is 0 Å². The van der Waals surface area contributed by atoms with Gasteiger partial charge in [-0.05, 0) is 55.3 Å². The van der Waals surface area contributed by atoms with Crippen molar-refractivity contribution in [3.63, 3.8) is 0 Å². The van der Waals surface area contributed by atoms with Crippen LogP contribution in [0.1, 0.15) is 27.0 Å². The average Bonchev–Trinajstić information content (AvgIpc) is 2.69. The molecule has 0 aliphatic carbocycles. The van der Waals surface area contributed by atoms with E-state index in [0.29, 0.717) is 17.9 Å². The van der Waals surface area contributed by atoms with Crippen LogP contribution in [0.3, 0.4) is 0 Å². The molecule has 0 saturated carbocycles. The smallest absolute Gasteiger partial charge is 0.255 e. The molecule has 27 heavy (non-hydrogen) atoms. The molecule has 138 valence electrons. The molecular formula is C23H23NO3. The first-order valence-corrected chi connectivity index (χ1v) is 8.81. The van der Waals surface area contributed by atoms with Gasteiger partial charge in [0, 0.05) is 16.8 Å². The summed E-state index contributed by atoms with van der Waals surface area (Å²) < 4.78 is 11.4. The molecule has 0 fully saturated rings. The fraction of sp³-hybridized carbons (Fsp3) is 0.174. The van der Waals surface area contributed by atoms with Gasteiger partial charge in [-0.3, -0.25) is 4.79 Å².